The third-order valence-corrected chi connectivity index (χ3v) is 3.94. The Morgan fingerprint density at radius 1 is 1.39 bits per heavy atom. The molecule has 1 aromatic heterocycles. The molecule has 18 heavy (non-hydrogen) atoms. The predicted molar refractivity (Wildman–Crippen MR) is 72.6 cm³/mol. The maximum Gasteiger partial charge on any atom is 0.113 e. The summed E-state index contributed by atoms with van der Waals surface area (Å²) in [6.45, 7) is 6.56. The first-order chi connectivity index (χ1) is 8.69. The number of imidazole rings is 1. The molecule has 1 atom stereocenters. The molecule has 0 fully saturated rings. The molecule has 2 N–H and O–H groups in total. The molecule has 102 valence electrons. The van der Waals surface area contributed by atoms with Crippen LogP contribution in [0, 0.1) is 5.92 Å². The van der Waals surface area contributed by atoms with Crippen LogP contribution in [0.5, 0.6) is 0 Å². The average Bonchev–Trinajstić information content (AvgIpc) is 2.74. The number of nitrogens with zero attached hydrogens (tertiary/aromatic N) is 2. The van der Waals surface area contributed by atoms with E-state index in [0.29, 0.717) is 11.8 Å². The van der Waals surface area contributed by atoms with Gasteiger partial charge in [0.05, 0.1) is 12.3 Å². The highest BCUT2D eigenvalue weighted by Crippen LogP contribution is 2.29. The van der Waals surface area contributed by atoms with Gasteiger partial charge in [0.2, 0.25) is 0 Å². The molecule has 4 heteroatoms. The van der Waals surface area contributed by atoms with Crippen LogP contribution in [0.2, 0.25) is 0 Å². The third-order valence-electron chi connectivity index (χ3n) is 3.94. The van der Waals surface area contributed by atoms with Gasteiger partial charge in [0, 0.05) is 24.7 Å². The van der Waals surface area contributed by atoms with Crippen molar-refractivity contribution in [3.05, 3.63) is 17.2 Å². The van der Waals surface area contributed by atoms with Gasteiger partial charge in [-0.3, -0.25) is 0 Å². The van der Waals surface area contributed by atoms with E-state index in [2.05, 4.69) is 23.7 Å². The summed E-state index contributed by atoms with van der Waals surface area (Å²) in [6, 6.07) is 0. The van der Waals surface area contributed by atoms with E-state index < -0.39 is 0 Å². The molecule has 1 unspecified atom stereocenters. The van der Waals surface area contributed by atoms with Gasteiger partial charge < -0.3 is 15.0 Å². The number of rotatable bonds is 5. The summed E-state index contributed by atoms with van der Waals surface area (Å²) in [5, 5.41) is 12.7. The molecule has 1 aliphatic heterocycles. The number of aromatic nitrogens is 2. The molecule has 0 aliphatic carbocycles. The molecule has 2 heterocycles. The monoisotopic (exact) mass is 251 g/mol. The minimum absolute atomic E-state index is 0.0691. The Balaban J connectivity index is 2.39. The fourth-order valence-electron chi connectivity index (χ4n) is 2.90. The molecule has 4 nitrogen and oxygen atoms in total. The van der Waals surface area contributed by atoms with Crippen molar-refractivity contribution in [3.63, 3.8) is 0 Å². The van der Waals surface area contributed by atoms with E-state index in [0.717, 1.165) is 31.0 Å². The summed E-state index contributed by atoms with van der Waals surface area (Å²) < 4.78 is 2.36. The first-order valence-corrected chi connectivity index (χ1v) is 7.02. The summed E-state index contributed by atoms with van der Waals surface area (Å²) in [7, 11) is 1.99. The summed E-state index contributed by atoms with van der Waals surface area (Å²) in [6.07, 6.45) is 3.51. The Hall–Kier alpha value is -0.870. The highest BCUT2D eigenvalue weighted by molar-refractivity contribution is 5.21. The molecule has 2 rings (SSSR count). The third kappa shape index (κ3) is 2.45. The fourth-order valence-corrected chi connectivity index (χ4v) is 2.90. The Bertz CT molecular complexity index is 398. The molecule has 0 bridgehead atoms. The molecule has 0 radical (unpaired) electrons. The highest BCUT2D eigenvalue weighted by Gasteiger charge is 2.26. The first kappa shape index (κ1) is 13.6. The minimum atomic E-state index is 0.0691. The smallest absolute Gasteiger partial charge is 0.113 e. The second kappa shape index (κ2) is 5.85. The van der Waals surface area contributed by atoms with Crippen molar-refractivity contribution in [2.24, 2.45) is 5.92 Å². The Kier molecular flexibility index (Phi) is 4.40. The molecule has 0 saturated heterocycles. The summed E-state index contributed by atoms with van der Waals surface area (Å²) in [5.74, 6) is 2.14. The second-order valence-corrected chi connectivity index (χ2v) is 5.54. The van der Waals surface area contributed by atoms with Crippen molar-refractivity contribution in [2.75, 3.05) is 13.6 Å². The van der Waals surface area contributed by atoms with Gasteiger partial charge in [-0.25, -0.2) is 4.98 Å². The number of aliphatic hydroxyl groups is 1. The van der Waals surface area contributed by atoms with Gasteiger partial charge in [-0.15, -0.1) is 0 Å². The standard InChI is InChI=1S/C14H25N3O/c1-10(2)11(8-15-3)14-16-12(9-18)13-6-4-5-7-17(13)14/h10-11,15,18H,4-9H2,1-3H3. The van der Waals surface area contributed by atoms with Gasteiger partial charge in [-0.1, -0.05) is 13.8 Å². The minimum Gasteiger partial charge on any atom is -0.390 e. The second-order valence-electron chi connectivity index (χ2n) is 5.54. The lowest BCUT2D eigenvalue weighted by atomic mass is 9.94. The fraction of sp³-hybridized carbons (Fsp3) is 0.786. The van der Waals surface area contributed by atoms with E-state index in [1.165, 1.54) is 18.5 Å². The summed E-state index contributed by atoms with van der Waals surface area (Å²) >= 11 is 0. The molecule has 0 amide bonds. The normalized spacial score (nSPS) is 16.9. The number of fused-ring (bicyclic) bond motifs is 1. The lowest BCUT2D eigenvalue weighted by molar-refractivity contribution is 0.275. The van der Waals surface area contributed by atoms with Crippen LogP contribution in [0.4, 0.5) is 0 Å². The zero-order valence-corrected chi connectivity index (χ0v) is 11.7. The van der Waals surface area contributed by atoms with E-state index in [4.69, 9.17) is 4.98 Å². The van der Waals surface area contributed by atoms with Crippen LogP contribution < -0.4 is 5.32 Å². The quantitative estimate of drug-likeness (QED) is 0.837. The van der Waals surface area contributed by atoms with Crippen molar-refractivity contribution in [1.29, 1.82) is 0 Å². The van der Waals surface area contributed by atoms with E-state index in [9.17, 15) is 5.11 Å². The predicted octanol–water partition coefficient (Wildman–Crippen LogP) is 1.67. The van der Waals surface area contributed by atoms with Crippen LogP contribution in [-0.2, 0) is 19.6 Å². The van der Waals surface area contributed by atoms with Gasteiger partial charge in [-0.05, 0) is 32.2 Å². The Morgan fingerprint density at radius 2 is 2.17 bits per heavy atom. The molecule has 1 aliphatic rings. The van der Waals surface area contributed by atoms with E-state index in [1.54, 1.807) is 0 Å². The average molecular weight is 251 g/mol. The molecule has 1 aromatic rings. The zero-order chi connectivity index (χ0) is 13.1. The van der Waals surface area contributed by atoms with Gasteiger partial charge in [0.25, 0.3) is 0 Å². The van der Waals surface area contributed by atoms with Crippen molar-refractivity contribution < 1.29 is 5.11 Å². The Labute approximate surface area is 109 Å². The maximum atomic E-state index is 9.47. The lowest BCUT2D eigenvalue weighted by Gasteiger charge is -2.24. The van der Waals surface area contributed by atoms with Gasteiger partial charge in [0.15, 0.2) is 0 Å². The van der Waals surface area contributed by atoms with Crippen LogP contribution in [0.3, 0.4) is 0 Å². The molecular formula is C14H25N3O. The first-order valence-electron chi connectivity index (χ1n) is 7.02. The van der Waals surface area contributed by atoms with Crippen LogP contribution in [0.25, 0.3) is 0 Å². The number of hydrogen-bond acceptors (Lipinski definition) is 3. The van der Waals surface area contributed by atoms with Crippen molar-refractivity contribution in [3.8, 4) is 0 Å². The molecule has 0 spiro atoms. The van der Waals surface area contributed by atoms with Crippen molar-refractivity contribution in [1.82, 2.24) is 14.9 Å². The van der Waals surface area contributed by atoms with Gasteiger partial charge in [0.1, 0.15) is 5.82 Å². The lowest BCUT2D eigenvalue weighted by Crippen LogP contribution is -2.25. The van der Waals surface area contributed by atoms with Crippen LogP contribution >= 0.6 is 0 Å². The van der Waals surface area contributed by atoms with Gasteiger partial charge >= 0.3 is 0 Å². The summed E-state index contributed by atoms with van der Waals surface area (Å²) in [4.78, 5) is 4.72. The van der Waals surface area contributed by atoms with Crippen LogP contribution in [0.15, 0.2) is 0 Å². The molecule has 0 saturated carbocycles. The van der Waals surface area contributed by atoms with Crippen LogP contribution in [-0.4, -0.2) is 28.3 Å². The van der Waals surface area contributed by atoms with Crippen molar-refractivity contribution in [2.45, 2.75) is 52.2 Å². The number of nitrogens with one attached hydrogen (secondary N) is 1. The SMILES string of the molecule is CNCC(c1nc(CO)c2n1CCCC2)C(C)C. The zero-order valence-electron chi connectivity index (χ0n) is 11.7. The van der Waals surface area contributed by atoms with E-state index in [-0.39, 0.29) is 6.61 Å². The number of likely N-dealkylation sites (N-methyl/N-ethyl adjacent to an activating group) is 1. The van der Waals surface area contributed by atoms with Crippen molar-refractivity contribution >= 4 is 0 Å². The van der Waals surface area contributed by atoms with Crippen LogP contribution in [0.1, 0.15) is 49.8 Å². The highest BCUT2D eigenvalue weighted by atomic mass is 16.3. The summed E-state index contributed by atoms with van der Waals surface area (Å²) in [5.41, 5.74) is 2.16. The Morgan fingerprint density at radius 3 is 2.78 bits per heavy atom. The topological polar surface area (TPSA) is 50.1 Å². The largest absolute Gasteiger partial charge is 0.390 e. The number of aliphatic hydroxyl groups excluding tert-OH is 1. The van der Waals surface area contributed by atoms with E-state index in [1.807, 2.05) is 7.05 Å². The molecular weight excluding hydrogens is 226 g/mol. The maximum absolute atomic E-state index is 9.47. The molecule has 0 aromatic carbocycles. The van der Waals surface area contributed by atoms with E-state index >= 15 is 0 Å². The number of hydrogen-bond donors (Lipinski definition) is 2. The van der Waals surface area contributed by atoms with Gasteiger partial charge in [-0.2, -0.15) is 0 Å².